The quantitative estimate of drug-likeness (QED) is 0.731. The molecular formula is C8H12ClN3. The first-order valence-electron chi connectivity index (χ1n) is 3.84. The fraction of sp³-hybridized carbons (Fsp3) is 0.500. The van der Waals surface area contributed by atoms with Gasteiger partial charge in [-0.15, -0.1) is 11.6 Å². The molecule has 0 saturated heterocycles. The zero-order chi connectivity index (χ0) is 8.97. The molecule has 12 heavy (non-hydrogen) atoms. The van der Waals surface area contributed by atoms with Gasteiger partial charge in [0, 0.05) is 24.3 Å². The highest BCUT2D eigenvalue weighted by Gasteiger charge is 2.03. The van der Waals surface area contributed by atoms with E-state index in [0.29, 0.717) is 5.88 Å². The summed E-state index contributed by atoms with van der Waals surface area (Å²) in [5.74, 6) is 1.38. The fourth-order valence-electron chi connectivity index (χ4n) is 0.821. The van der Waals surface area contributed by atoms with E-state index >= 15 is 0 Å². The Morgan fingerprint density at radius 3 is 2.75 bits per heavy atom. The van der Waals surface area contributed by atoms with Crippen LogP contribution in [0.2, 0.25) is 0 Å². The topological polar surface area (TPSA) is 37.8 Å². The molecule has 0 spiro atoms. The van der Waals surface area contributed by atoms with Crippen molar-refractivity contribution in [2.45, 2.75) is 19.9 Å². The summed E-state index contributed by atoms with van der Waals surface area (Å²) in [7, 11) is 0. The van der Waals surface area contributed by atoms with Crippen LogP contribution in [-0.4, -0.2) is 21.9 Å². The van der Waals surface area contributed by atoms with Gasteiger partial charge in [-0.3, -0.25) is 4.98 Å². The van der Waals surface area contributed by atoms with Crippen molar-refractivity contribution in [1.29, 1.82) is 0 Å². The number of aryl methyl sites for hydroxylation is 1. The number of nitrogens with zero attached hydrogens (tertiary/aromatic N) is 2. The average molecular weight is 186 g/mol. The Labute approximate surface area is 77.2 Å². The highest BCUT2D eigenvalue weighted by atomic mass is 35.5. The predicted octanol–water partition coefficient (Wildman–Crippen LogP) is 1.82. The van der Waals surface area contributed by atoms with E-state index in [1.54, 1.807) is 12.4 Å². The Kier molecular flexibility index (Phi) is 3.29. The molecule has 0 bridgehead atoms. The number of alkyl halides is 1. The molecule has 66 valence electrons. The molecule has 1 unspecified atom stereocenters. The van der Waals surface area contributed by atoms with Gasteiger partial charge in [0.05, 0.1) is 5.69 Å². The largest absolute Gasteiger partial charge is 0.365 e. The minimum Gasteiger partial charge on any atom is -0.365 e. The number of aromatic nitrogens is 2. The summed E-state index contributed by atoms with van der Waals surface area (Å²) >= 11 is 5.64. The van der Waals surface area contributed by atoms with E-state index in [-0.39, 0.29) is 6.04 Å². The van der Waals surface area contributed by atoms with Gasteiger partial charge in [0.15, 0.2) is 0 Å². The maximum Gasteiger partial charge on any atom is 0.147 e. The van der Waals surface area contributed by atoms with Crippen molar-refractivity contribution >= 4 is 17.4 Å². The zero-order valence-electron chi connectivity index (χ0n) is 7.21. The highest BCUT2D eigenvalue weighted by molar-refractivity contribution is 6.18. The molecule has 1 atom stereocenters. The smallest absolute Gasteiger partial charge is 0.147 e. The third kappa shape index (κ3) is 2.34. The molecule has 0 fully saturated rings. The summed E-state index contributed by atoms with van der Waals surface area (Å²) in [6.45, 7) is 3.91. The maximum absolute atomic E-state index is 5.64. The van der Waals surface area contributed by atoms with Crippen molar-refractivity contribution in [3.8, 4) is 0 Å². The lowest BCUT2D eigenvalue weighted by molar-refractivity contribution is 0.887. The second-order valence-electron chi connectivity index (χ2n) is 2.69. The molecular weight excluding hydrogens is 174 g/mol. The first-order chi connectivity index (χ1) is 5.74. The van der Waals surface area contributed by atoms with Gasteiger partial charge < -0.3 is 5.32 Å². The first kappa shape index (κ1) is 9.26. The van der Waals surface area contributed by atoms with Gasteiger partial charge in [-0.1, -0.05) is 0 Å². The van der Waals surface area contributed by atoms with Crippen molar-refractivity contribution < 1.29 is 0 Å². The third-order valence-corrected chi connectivity index (χ3v) is 1.96. The van der Waals surface area contributed by atoms with Crippen molar-refractivity contribution in [2.75, 3.05) is 11.2 Å². The van der Waals surface area contributed by atoms with E-state index in [1.165, 1.54) is 0 Å². The number of hydrogen-bond acceptors (Lipinski definition) is 3. The Balaban J connectivity index is 2.69. The van der Waals surface area contributed by atoms with Crippen LogP contribution in [0.5, 0.6) is 0 Å². The lowest BCUT2D eigenvalue weighted by Crippen LogP contribution is -2.18. The van der Waals surface area contributed by atoms with Crippen LogP contribution < -0.4 is 5.32 Å². The lowest BCUT2D eigenvalue weighted by Gasteiger charge is -2.11. The molecule has 0 aliphatic carbocycles. The van der Waals surface area contributed by atoms with E-state index in [1.807, 2.05) is 13.8 Å². The number of anilines is 1. The van der Waals surface area contributed by atoms with Crippen molar-refractivity contribution in [1.82, 2.24) is 9.97 Å². The Morgan fingerprint density at radius 1 is 1.50 bits per heavy atom. The maximum atomic E-state index is 5.64. The molecule has 1 N–H and O–H groups in total. The average Bonchev–Trinajstić information content (AvgIpc) is 2.09. The van der Waals surface area contributed by atoms with Crippen molar-refractivity contribution in [2.24, 2.45) is 0 Å². The Hall–Kier alpha value is -0.830. The number of hydrogen-bond donors (Lipinski definition) is 1. The van der Waals surface area contributed by atoms with Crippen LogP contribution in [0.15, 0.2) is 12.4 Å². The fourth-order valence-corrected chi connectivity index (χ4v) is 0.898. The van der Waals surface area contributed by atoms with Crippen molar-refractivity contribution in [3.63, 3.8) is 0 Å². The second-order valence-corrected chi connectivity index (χ2v) is 3.00. The van der Waals surface area contributed by atoms with E-state index in [4.69, 9.17) is 11.6 Å². The van der Waals surface area contributed by atoms with Gasteiger partial charge >= 0.3 is 0 Å². The van der Waals surface area contributed by atoms with Gasteiger partial charge in [-0.25, -0.2) is 4.98 Å². The van der Waals surface area contributed by atoms with Crippen LogP contribution in [0.4, 0.5) is 5.82 Å². The van der Waals surface area contributed by atoms with Gasteiger partial charge in [-0.2, -0.15) is 0 Å². The Morgan fingerprint density at radius 2 is 2.17 bits per heavy atom. The van der Waals surface area contributed by atoms with Crippen LogP contribution in [0.1, 0.15) is 12.6 Å². The molecule has 0 aliphatic heterocycles. The van der Waals surface area contributed by atoms with Gasteiger partial charge in [0.25, 0.3) is 0 Å². The van der Waals surface area contributed by atoms with Gasteiger partial charge in [0.2, 0.25) is 0 Å². The van der Waals surface area contributed by atoms with Crippen molar-refractivity contribution in [3.05, 3.63) is 18.1 Å². The summed E-state index contributed by atoms with van der Waals surface area (Å²) in [6, 6.07) is 0.224. The number of rotatable bonds is 3. The van der Waals surface area contributed by atoms with Crippen LogP contribution in [-0.2, 0) is 0 Å². The molecule has 1 aromatic heterocycles. The predicted molar refractivity (Wildman–Crippen MR) is 50.6 cm³/mol. The van der Waals surface area contributed by atoms with Gasteiger partial charge in [-0.05, 0) is 13.8 Å². The minimum atomic E-state index is 0.224. The summed E-state index contributed by atoms with van der Waals surface area (Å²) < 4.78 is 0. The van der Waals surface area contributed by atoms with E-state index < -0.39 is 0 Å². The molecule has 0 aromatic carbocycles. The van der Waals surface area contributed by atoms with Crippen LogP contribution in [0.25, 0.3) is 0 Å². The molecule has 0 radical (unpaired) electrons. The monoisotopic (exact) mass is 185 g/mol. The van der Waals surface area contributed by atoms with E-state index in [0.717, 1.165) is 11.5 Å². The van der Waals surface area contributed by atoms with Gasteiger partial charge in [0.1, 0.15) is 5.82 Å². The third-order valence-electron chi connectivity index (χ3n) is 1.50. The first-order valence-corrected chi connectivity index (χ1v) is 4.37. The van der Waals surface area contributed by atoms with Crippen LogP contribution in [0, 0.1) is 6.92 Å². The summed E-state index contributed by atoms with van der Waals surface area (Å²) in [5, 5.41) is 3.15. The molecule has 4 heteroatoms. The molecule has 3 nitrogen and oxygen atoms in total. The second kappa shape index (κ2) is 4.26. The van der Waals surface area contributed by atoms with E-state index in [9.17, 15) is 0 Å². The number of halogens is 1. The number of nitrogens with one attached hydrogen (secondary N) is 1. The summed E-state index contributed by atoms with van der Waals surface area (Å²) in [4.78, 5) is 8.23. The molecule has 0 aliphatic rings. The zero-order valence-corrected chi connectivity index (χ0v) is 7.97. The van der Waals surface area contributed by atoms with E-state index in [2.05, 4.69) is 15.3 Å². The lowest BCUT2D eigenvalue weighted by atomic mass is 10.3. The molecule has 1 aromatic rings. The molecule has 1 heterocycles. The molecule has 0 amide bonds. The van der Waals surface area contributed by atoms with Crippen LogP contribution >= 0.6 is 11.6 Å². The minimum absolute atomic E-state index is 0.224. The highest BCUT2D eigenvalue weighted by Crippen LogP contribution is 2.07. The Bertz CT molecular complexity index is 252. The normalized spacial score (nSPS) is 12.6. The summed E-state index contributed by atoms with van der Waals surface area (Å²) in [5.41, 5.74) is 0.898. The molecule has 1 rings (SSSR count). The molecule has 0 saturated carbocycles. The van der Waals surface area contributed by atoms with Crippen LogP contribution in [0.3, 0.4) is 0 Å². The standard InChI is InChI=1S/C8H12ClN3/c1-6(5-9)12-8-7(2)10-3-4-11-8/h3-4,6H,5H2,1-2H3,(H,11,12). The SMILES string of the molecule is Cc1nccnc1NC(C)CCl. The summed E-state index contributed by atoms with van der Waals surface area (Å²) in [6.07, 6.45) is 3.34.